The molecule has 0 N–H and O–H groups in total. The average molecular weight is 595 g/mol. The van der Waals surface area contributed by atoms with E-state index in [0.29, 0.717) is 10.0 Å². The predicted molar refractivity (Wildman–Crippen MR) is 183 cm³/mol. The molecule has 0 heterocycles. The van der Waals surface area contributed by atoms with Gasteiger partial charge in [0.05, 0.1) is 0 Å². The highest BCUT2D eigenvalue weighted by Gasteiger charge is 2.22. The molecule has 41 heavy (non-hydrogen) atoms. The van der Waals surface area contributed by atoms with E-state index in [-0.39, 0.29) is 0 Å². The van der Waals surface area contributed by atoms with E-state index >= 15 is 0 Å². The number of anilines is 1. The Morgan fingerprint density at radius 2 is 1.34 bits per heavy atom. The number of benzene rings is 2. The number of allylic oxidation sites excluding steroid dienone is 5. The minimum atomic E-state index is 0.677. The molecule has 2 aromatic carbocycles. The van der Waals surface area contributed by atoms with Crippen LogP contribution in [-0.2, 0) is 0 Å². The van der Waals surface area contributed by atoms with Gasteiger partial charge in [-0.2, -0.15) is 0 Å². The third kappa shape index (κ3) is 8.85. The summed E-state index contributed by atoms with van der Waals surface area (Å²) in [6.07, 6.45) is 16.5. The van der Waals surface area contributed by atoms with Crippen molar-refractivity contribution in [1.29, 1.82) is 0 Å². The van der Waals surface area contributed by atoms with Crippen LogP contribution in [0.3, 0.4) is 0 Å². The second-order valence-electron chi connectivity index (χ2n) is 11.4. The zero-order valence-electron chi connectivity index (χ0n) is 26.3. The van der Waals surface area contributed by atoms with Crippen molar-refractivity contribution in [3.63, 3.8) is 0 Å². The van der Waals surface area contributed by atoms with E-state index in [0.717, 1.165) is 48.5 Å². The Morgan fingerprint density at radius 1 is 0.756 bits per heavy atom. The first-order valence-corrected chi connectivity index (χ1v) is 16.6. The Balaban J connectivity index is 2.17. The largest absolute Gasteiger partial charge is 0.371 e. The molecule has 0 saturated heterocycles. The molecule has 2 nitrogen and oxygen atoms in total. The minimum absolute atomic E-state index is 0.677. The van der Waals surface area contributed by atoms with Crippen LogP contribution in [0.2, 0.25) is 10.0 Å². The summed E-state index contributed by atoms with van der Waals surface area (Å²) in [6.45, 7) is 17.9. The quantitative estimate of drug-likeness (QED) is 0.186. The van der Waals surface area contributed by atoms with Crippen LogP contribution in [0, 0.1) is 6.92 Å². The maximum Gasteiger partial charge on any atom is 0.202 e. The third-order valence-electron chi connectivity index (χ3n) is 7.99. The topological polar surface area (TPSA) is 6.25 Å². The minimum Gasteiger partial charge on any atom is -0.371 e. The highest BCUT2D eigenvalue weighted by atomic mass is 35.5. The fourth-order valence-electron chi connectivity index (χ4n) is 5.62. The van der Waals surface area contributed by atoms with Crippen molar-refractivity contribution in [3.05, 3.63) is 92.5 Å². The van der Waals surface area contributed by atoms with Gasteiger partial charge in [0.2, 0.25) is 5.71 Å². The first-order chi connectivity index (χ1) is 19.9. The Labute approximate surface area is 260 Å². The highest BCUT2D eigenvalue weighted by molar-refractivity contribution is 6.38. The summed E-state index contributed by atoms with van der Waals surface area (Å²) in [5, 5.41) is 1.35. The average Bonchev–Trinajstić information content (AvgIpc) is 2.96. The molecule has 0 saturated carbocycles. The molecular weight excluding hydrogens is 543 g/mol. The van der Waals surface area contributed by atoms with E-state index < -0.39 is 0 Å². The first kappa shape index (κ1) is 33.2. The number of halogens is 2. The summed E-state index contributed by atoms with van der Waals surface area (Å²) in [5.74, 6) is 0. The fourth-order valence-corrected chi connectivity index (χ4v) is 6.21. The molecule has 222 valence electrons. The van der Waals surface area contributed by atoms with Crippen LogP contribution in [0.4, 0.5) is 5.69 Å². The van der Waals surface area contributed by atoms with Crippen LogP contribution in [0.1, 0.15) is 103 Å². The summed E-state index contributed by atoms with van der Waals surface area (Å²) in [7, 11) is 0. The Kier molecular flexibility index (Phi) is 13.8. The Bertz CT molecular complexity index is 1240. The molecule has 0 unspecified atom stereocenters. The monoisotopic (exact) mass is 593 g/mol. The maximum absolute atomic E-state index is 6.87. The molecule has 3 rings (SSSR count). The van der Waals surface area contributed by atoms with Crippen molar-refractivity contribution in [2.45, 2.75) is 92.9 Å². The molecule has 0 spiro atoms. The SMILES string of the molecule is CCCCN(CCCC)c1ccc(C(=C2C=CC(=[N+](CCCC)CCCC)C(C)=C2)c2c(Cl)cccc2Cl)cc1C. The number of unbranched alkanes of at least 4 members (excludes halogenated alkanes) is 4. The molecule has 0 aliphatic heterocycles. The number of rotatable bonds is 15. The van der Waals surface area contributed by atoms with Gasteiger partial charge in [-0.05, 0) is 85.4 Å². The molecule has 0 aromatic heterocycles. The third-order valence-corrected chi connectivity index (χ3v) is 8.62. The van der Waals surface area contributed by atoms with Gasteiger partial charge in [-0.1, -0.05) is 88.7 Å². The van der Waals surface area contributed by atoms with E-state index in [1.807, 2.05) is 18.2 Å². The zero-order chi connectivity index (χ0) is 29.8. The van der Waals surface area contributed by atoms with Gasteiger partial charge in [-0.15, -0.1) is 0 Å². The van der Waals surface area contributed by atoms with Crippen molar-refractivity contribution in [1.82, 2.24) is 0 Å². The summed E-state index contributed by atoms with van der Waals surface area (Å²) >= 11 is 13.7. The smallest absolute Gasteiger partial charge is 0.202 e. The van der Waals surface area contributed by atoms with Crippen molar-refractivity contribution in [2.75, 3.05) is 31.1 Å². The van der Waals surface area contributed by atoms with Crippen LogP contribution in [0.15, 0.2) is 65.8 Å². The van der Waals surface area contributed by atoms with E-state index in [1.54, 1.807) is 0 Å². The van der Waals surface area contributed by atoms with Crippen LogP contribution < -0.4 is 4.90 Å². The first-order valence-electron chi connectivity index (χ1n) is 15.9. The molecule has 0 bridgehead atoms. The van der Waals surface area contributed by atoms with E-state index in [1.165, 1.54) is 73.9 Å². The standard InChI is InChI=1S/C37H51Cl2N2/c1-7-11-22-40(23-12-8-2)34-20-18-30(26-28(34)5)36(37-32(38)16-15-17-33(37)39)31-19-21-35(29(6)27-31)41(24-13-9-3)25-14-10-4/h15-21,26-27H,7-14,22-25H2,1-6H3/q+1. The molecule has 1 aliphatic carbocycles. The lowest BCUT2D eigenvalue weighted by molar-refractivity contribution is -0.527. The molecule has 0 amide bonds. The van der Waals surface area contributed by atoms with Gasteiger partial charge < -0.3 is 4.90 Å². The summed E-state index contributed by atoms with van der Waals surface area (Å²) in [4.78, 5) is 2.56. The second kappa shape index (κ2) is 17.0. The van der Waals surface area contributed by atoms with Gasteiger partial charge in [-0.3, -0.25) is 0 Å². The van der Waals surface area contributed by atoms with Crippen LogP contribution >= 0.6 is 23.2 Å². The lowest BCUT2D eigenvalue weighted by Gasteiger charge is -2.27. The van der Waals surface area contributed by atoms with Gasteiger partial charge in [0, 0.05) is 58.9 Å². The number of hydrogen-bond donors (Lipinski definition) is 0. The number of aryl methyl sites for hydroxylation is 1. The second-order valence-corrected chi connectivity index (χ2v) is 12.2. The molecule has 2 aromatic rings. The lowest BCUT2D eigenvalue weighted by atomic mass is 9.88. The summed E-state index contributed by atoms with van der Waals surface area (Å²) in [5.41, 5.74) is 9.51. The highest BCUT2D eigenvalue weighted by Crippen LogP contribution is 2.40. The number of nitrogens with zero attached hydrogens (tertiary/aromatic N) is 2. The molecule has 4 heteroatoms. The Hall–Kier alpha value is -2.29. The fraction of sp³-hybridized carbons (Fsp3) is 0.486. The zero-order valence-corrected chi connectivity index (χ0v) is 27.8. The predicted octanol–water partition coefficient (Wildman–Crippen LogP) is 11.1. The van der Waals surface area contributed by atoms with Gasteiger partial charge in [-0.25, -0.2) is 4.58 Å². The van der Waals surface area contributed by atoms with Crippen molar-refractivity contribution < 1.29 is 4.58 Å². The van der Waals surface area contributed by atoms with E-state index in [4.69, 9.17) is 23.2 Å². The molecule has 0 atom stereocenters. The maximum atomic E-state index is 6.87. The van der Waals surface area contributed by atoms with E-state index in [2.05, 4.69) is 87.4 Å². The normalized spacial score (nSPS) is 14.3. The van der Waals surface area contributed by atoms with Gasteiger partial charge >= 0.3 is 0 Å². The molecule has 0 radical (unpaired) electrons. The van der Waals surface area contributed by atoms with E-state index in [9.17, 15) is 0 Å². The van der Waals surface area contributed by atoms with Crippen molar-refractivity contribution >= 4 is 40.2 Å². The van der Waals surface area contributed by atoms with Crippen LogP contribution in [0.25, 0.3) is 5.57 Å². The summed E-state index contributed by atoms with van der Waals surface area (Å²) in [6, 6.07) is 12.7. The molecule has 1 aliphatic rings. The van der Waals surface area contributed by atoms with Gasteiger partial charge in [0.15, 0.2) is 0 Å². The molecular formula is C37H51Cl2N2+. The van der Waals surface area contributed by atoms with Gasteiger partial charge in [0.1, 0.15) is 13.1 Å². The van der Waals surface area contributed by atoms with Crippen LogP contribution in [0.5, 0.6) is 0 Å². The summed E-state index contributed by atoms with van der Waals surface area (Å²) < 4.78 is 2.56. The van der Waals surface area contributed by atoms with Gasteiger partial charge in [0.25, 0.3) is 0 Å². The van der Waals surface area contributed by atoms with Crippen molar-refractivity contribution in [2.24, 2.45) is 0 Å². The number of hydrogen-bond acceptors (Lipinski definition) is 1. The molecule has 0 fully saturated rings. The van der Waals surface area contributed by atoms with Crippen LogP contribution in [-0.4, -0.2) is 36.5 Å². The Morgan fingerprint density at radius 3 is 1.85 bits per heavy atom. The van der Waals surface area contributed by atoms with Crippen molar-refractivity contribution in [3.8, 4) is 0 Å². The lowest BCUT2D eigenvalue weighted by Crippen LogP contribution is -2.26.